The zero-order valence-electron chi connectivity index (χ0n) is 9.96. The van der Waals surface area contributed by atoms with Crippen LogP contribution < -0.4 is 11.3 Å². The lowest BCUT2D eigenvalue weighted by Crippen LogP contribution is -2.32. The molecule has 4 heteroatoms. The molecule has 0 fully saturated rings. The van der Waals surface area contributed by atoms with Gasteiger partial charge in [-0.25, -0.2) is 0 Å². The van der Waals surface area contributed by atoms with E-state index in [2.05, 4.69) is 5.43 Å². The summed E-state index contributed by atoms with van der Waals surface area (Å²) in [6, 6.07) is 5.75. The molecule has 3 N–H and O–H groups in total. The number of rotatable bonds is 5. The fourth-order valence-electron chi connectivity index (χ4n) is 1.50. The van der Waals surface area contributed by atoms with E-state index in [1.807, 2.05) is 39.0 Å². The fourth-order valence-corrected chi connectivity index (χ4v) is 1.68. The molecule has 1 rings (SSSR count). The molecule has 1 atom stereocenters. The first-order chi connectivity index (χ1) is 7.54. The maximum Gasteiger partial charge on any atom is 0.0697 e. The Hall–Kier alpha value is -0.610. The zero-order chi connectivity index (χ0) is 12.1. The van der Waals surface area contributed by atoms with Gasteiger partial charge in [0, 0.05) is 5.02 Å². The van der Waals surface area contributed by atoms with E-state index in [9.17, 15) is 0 Å². The molecule has 90 valence electrons. The number of halogens is 1. The van der Waals surface area contributed by atoms with Crippen LogP contribution in [0.15, 0.2) is 18.2 Å². The predicted molar refractivity (Wildman–Crippen MR) is 67.3 cm³/mol. The van der Waals surface area contributed by atoms with Gasteiger partial charge in [0.1, 0.15) is 0 Å². The summed E-state index contributed by atoms with van der Waals surface area (Å²) in [5.74, 6) is 5.54. The molecule has 0 aromatic heterocycles. The van der Waals surface area contributed by atoms with E-state index in [1.54, 1.807) is 0 Å². The normalized spacial score (nSPS) is 13.1. The summed E-state index contributed by atoms with van der Waals surface area (Å²) in [5.41, 5.74) is 4.99. The maximum atomic E-state index is 5.97. The van der Waals surface area contributed by atoms with E-state index < -0.39 is 0 Å². The molecular weight excluding hydrogens is 224 g/mol. The molecular formula is C12H19ClN2O. The lowest BCUT2D eigenvalue weighted by molar-refractivity contribution is 0.0610. The van der Waals surface area contributed by atoms with E-state index in [0.29, 0.717) is 11.6 Å². The lowest BCUT2D eigenvalue weighted by Gasteiger charge is -2.20. The molecule has 1 aromatic rings. The third-order valence-corrected chi connectivity index (χ3v) is 2.65. The SMILES string of the molecule is Cc1ccc(Cl)cc1C(COC(C)C)NN. The first-order valence-corrected chi connectivity index (χ1v) is 5.76. The summed E-state index contributed by atoms with van der Waals surface area (Å²) in [5, 5.41) is 0.713. The van der Waals surface area contributed by atoms with Gasteiger partial charge in [0.05, 0.1) is 18.8 Å². The van der Waals surface area contributed by atoms with Gasteiger partial charge in [0.15, 0.2) is 0 Å². The van der Waals surface area contributed by atoms with Crippen molar-refractivity contribution in [1.82, 2.24) is 5.43 Å². The summed E-state index contributed by atoms with van der Waals surface area (Å²) < 4.78 is 5.56. The number of hydrogen-bond acceptors (Lipinski definition) is 3. The highest BCUT2D eigenvalue weighted by atomic mass is 35.5. The number of ether oxygens (including phenoxy) is 1. The molecule has 1 unspecified atom stereocenters. The number of aryl methyl sites for hydroxylation is 1. The van der Waals surface area contributed by atoms with Crippen molar-refractivity contribution in [1.29, 1.82) is 0 Å². The second kappa shape index (κ2) is 6.21. The standard InChI is InChI=1S/C12H19ClN2O/c1-8(2)16-7-12(15-14)11-6-10(13)5-4-9(11)3/h4-6,8,12,15H,7,14H2,1-3H3. The minimum absolute atomic E-state index is 0.0268. The summed E-state index contributed by atoms with van der Waals surface area (Å²) in [6.07, 6.45) is 0.190. The van der Waals surface area contributed by atoms with Crippen molar-refractivity contribution in [3.8, 4) is 0 Å². The van der Waals surface area contributed by atoms with Gasteiger partial charge in [-0.1, -0.05) is 17.7 Å². The van der Waals surface area contributed by atoms with Crippen LogP contribution in [-0.2, 0) is 4.74 Å². The van der Waals surface area contributed by atoms with Crippen molar-refractivity contribution in [2.45, 2.75) is 32.9 Å². The summed E-state index contributed by atoms with van der Waals surface area (Å²) in [7, 11) is 0. The van der Waals surface area contributed by atoms with Crippen LogP contribution in [0.4, 0.5) is 0 Å². The van der Waals surface area contributed by atoms with Crippen LogP contribution in [0.1, 0.15) is 31.0 Å². The van der Waals surface area contributed by atoms with Crippen molar-refractivity contribution in [2.75, 3.05) is 6.61 Å². The molecule has 0 amide bonds. The van der Waals surface area contributed by atoms with Gasteiger partial charge in [0.25, 0.3) is 0 Å². The molecule has 3 nitrogen and oxygen atoms in total. The Balaban J connectivity index is 2.81. The van der Waals surface area contributed by atoms with Gasteiger partial charge >= 0.3 is 0 Å². The third kappa shape index (κ3) is 3.76. The fraction of sp³-hybridized carbons (Fsp3) is 0.500. The van der Waals surface area contributed by atoms with Crippen molar-refractivity contribution >= 4 is 11.6 Å². The Labute approximate surface area is 102 Å². The lowest BCUT2D eigenvalue weighted by atomic mass is 10.0. The minimum Gasteiger partial charge on any atom is -0.377 e. The molecule has 0 bridgehead atoms. The molecule has 1 aromatic carbocycles. The van der Waals surface area contributed by atoms with Crippen molar-refractivity contribution in [2.24, 2.45) is 5.84 Å². The number of hydrogen-bond donors (Lipinski definition) is 2. The van der Waals surface area contributed by atoms with Crippen LogP contribution in [-0.4, -0.2) is 12.7 Å². The Kier molecular flexibility index (Phi) is 5.22. The highest BCUT2D eigenvalue weighted by molar-refractivity contribution is 6.30. The van der Waals surface area contributed by atoms with Crippen LogP contribution in [0.25, 0.3) is 0 Å². The Bertz CT molecular complexity index is 342. The largest absolute Gasteiger partial charge is 0.377 e. The predicted octanol–water partition coefficient (Wildman–Crippen LogP) is 2.58. The molecule has 0 aliphatic carbocycles. The Morgan fingerprint density at radius 2 is 2.12 bits per heavy atom. The second-order valence-corrected chi connectivity index (χ2v) is 4.54. The van der Waals surface area contributed by atoms with Crippen LogP contribution in [0.2, 0.25) is 5.02 Å². The quantitative estimate of drug-likeness (QED) is 0.616. The summed E-state index contributed by atoms with van der Waals surface area (Å²) >= 11 is 5.97. The first-order valence-electron chi connectivity index (χ1n) is 5.38. The smallest absolute Gasteiger partial charge is 0.0697 e. The van der Waals surface area contributed by atoms with Crippen molar-refractivity contribution in [3.63, 3.8) is 0 Å². The van der Waals surface area contributed by atoms with Gasteiger partial charge in [-0.2, -0.15) is 0 Å². The van der Waals surface area contributed by atoms with E-state index >= 15 is 0 Å². The van der Waals surface area contributed by atoms with Gasteiger partial charge in [0.2, 0.25) is 0 Å². The number of nitrogens with two attached hydrogens (primary N) is 1. The van der Waals surface area contributed by atoms with E-state index in [1.165, 1.54) is 0 Å². The first kappa shape index (κ1) is 13.5. The summed E-state index contributed by atoms with van der Waals surface area (Å²) in [4.78, 5) is 0. The topological polar surface area (TPSA) is 47.3 Å². The number of nitrogens with one attached hydrogen (secondary N) is 1. The average molecular weight is 243 g/mol. The average Bonchev–Trinajstić information content (AvgIpc) is 2.23. The second-order valence-electron chi connectivity index (χ2n) is 4.10. The van der Waals surface area contributed by atoms with Crippen LogP contribution in [0, 0.1) is 6.92 Å². The van der Waals surface area contributed by atoms with Crippen LogP contribution >= 0.6 is 11.6 Å². The monoisotopic (exact) mass is 242 g/mol. The molecule has 0 aliphatic heterocycles. The highest BCUT2D eigenvalue weighted by Crippen LogP contribution is 2.22. The molecule has 0 aliphatic rings. The minimum atomic E-state index is -0.0268. The molecule has 0 heterocycles. The molecule has 0 saturated carbocycles. The van der Waals surface area contributed by atoms with E-state index in [-0.39, 0.29) is 12.1 Å². The van der Waals surface area contributed by atoms with Gasteiger partial charge in [-0.3, -0.25) is 11.3 Å². The zero-order valence-corrected chi connectivity index (χ0v) is 10.7. The van der Waals surface area contributed by atoms with Gasteiger partial charge < -0.3 is 4.74 Å². The van der Waals surface area contributed by atoms with E-state index in [0.717, 1.165) is 11.1 Å². The van der Waals surface area contributed by atoms with Gasteiger partial charge in [-0.05, 0) is 44.0 Å². The number of benzene rings is 1. The third-order valence-electron chi connectivity index (χ3n) is 2.41. The summed E-state index contributed by atoms with van der Waals surface area (Å²) in [6.45, 7) is 6.57. The van der Waals surface area contributed by atoms with Crippen molar-refractivity contribution in [3.05, 3.63) is 34.3 Å². The maximum absolute atomic E-state index is 5.97. The Morgan fingerprint density at radius 3 is 2.69 bits per heavy atom. The van der Waals surface area contributed by atoms with Gasteiger partial charge in [-0.15, -0.1) is 0 Å². The molecule has 0 spiro atoms. The number of hydrazine groups is 1. The molecule has 0 saturated heterocycles. The Morgan fingerprint density at radius 1 is 1.44 bits per heavy atom. The molecule has 0 radical (unpaired) electrons. The van der Waals surface area contributed by atoms with Crippen LogP contribution in [0.5, 0.6) is 0 Å². The van der Waals surface area contributed by atoms with E-state index in [4.69, 9.17) is 22.2 Å². The highest BCUT2D eigenvalue weighted by Gasteiger charge is 2.13. The van der Waals surface area contributed by atoms with Crippen LogP contribution in [0.3, 0.4) is 0 Å². The molecule has 16 heavy (non-hydrogen) atoms. The van der Waals surface area contributed by atoms with Crippen molar-refractivity contribution < 1.29 is 4.74 Å².